The third-order valence-electron chi connectivity index (χ3n) is 15.5. The molecule has 0 spiro atoms. The monoisotopic (exact) mass is 646 g/mol. The van der Waals surface area contributed by atoms with Crippen LogP contribution in [0.2, 0.25) is 0 Å². The summed E-state index contributed by atoms with van der Waals surface area (Å²) in [6.45, 7) is 21.2. The molecule has 10 atom stereocenters. The SMILES string of the molecule is C=C(C)[C@@H]1CC[C@]2(COC(=O)c3ccccc3C(=O)OC)CC[C@]3(C)[C@H](CC[C@@H]4[C@@]5(C)CC[C@H](OC(C)=O)C(C)(C)[C@@H]5CC[C@]43C)[C@H]12. The molecule has 5 fully saturated rings. The van der Waals surface area contributed by atoms with E-state index in [0.29, 0.717) is 36.2 Å². The number of benzene rings is 1. The van der Waals surface area contributed by atoms with Crippen LogP contribution in [0, 0.1) is 56.7 Å². The molecule has 0 saturated heterocycles. The lowest BCUT2D eigenvalue weighted by Gasteiger charge is -2.73. The van der Waals surface area contributed by atoms with Crippen molar-refractivity contribution in [3.8, 4) is 0 Å². The van der Waals surface area contributed by atoms with E-state index in [1.54, 1.807) is 31.2 Å². The molecular weight excluding hydrogens is 588 g/mol. The highest BCUT2D eigenvalue weighted by atomic mass is 16.5. The molecule has 0 aliphatic heterocycles. The number of hydrogen-bond acceptors (Lipinski definition) is 6. The Labute approximate surface area is 282 Å². The van der Waals surface area contributed by atoms with Gasteiger partial charge >= 0.3 is 17.9 Å². The van der Waals surface area contributed by atoms with Gasteiger partial charge in [-0.2, -0.15) is 0 Å². The largest absolute Gasteiger partial charge is 0.465 e. The molecule has 258 valence electrons. The van der Waals surface area contributed by atoms with Gasteiger partial charge in [0.15, 0.2) is 0 Å². The zero-order chi connectivity index (χ0) is 34.2. The molecular formula is C41H58O6. The lowest BCUT2D eigenvalue weighted by atomic mass is 9.32. The number of methoxy groups -OCH3 is 1. The Morgan fingerprint density at radius 2 is 1.47 bits per heavy atom. The predicted octanol–water partition coefficient (Wildman–Crippen LogP) is 9.22. The van der Waals surface area contributed by atoms with Crippen LogP contribution >= 0.6 is 0 Å². The molecule has 47 heavy (non-hydrogen) atoms. The van der Waals surface area contributed by atoms with Crippen molar-refractivity contribution in [1.29, 1.82) is 0 Å². The van der Waals surface area contributed by atoms with E-state index in [9.17, 15) is 14.4 Å². The van der Waals surface area contributed by atoms with Crippen molar-refractivity contribution < 1.29 is 28.6 Å². The zero-order valence-electron chi connectivity index (χ0n) is 30.2. The van der Waals surface area contributed by atoms with E-state index in [1.165, 1.54) is 38.4 Å². The highest BCUT2D eigenvalue weighted by Crippen LogP contribution is 2.77. The average molecular weight is 647 g/mol. The minimum atomic E-state index is -0.526. The van der Waals surface area contributed by atoms with Gasteiger partial charge in [0.2, 0.25) is 0 Å². The minimum Gasteiger partial charge on any atom is -0.465 e. The third-order valence-corrected chi connectivity index (χ3v) is 15.5. The van der Waals surface area contributed by atoms with E-state index in [1.807, 2.05) is 0 Å². The van der Waals surface area contributed by atoms with Crippen LogP contribution in [0.3, 0.4) is 0 Å². The Hall–Kier alpha value is -2.63. The maximum Gasteiger partial charge on any atom is 0.339 e. The number of rotatable bonds is 6. The summed E-state index contributed by atoms with van der Waals surface area (Å²) in [6.07, 6.45) is 11.2. The van der Waals surface area contributed by atoms with Gasteiger partial charge in [-0.3, -0.25) is 4.79 Å². The molecule has 5 aliphatic carbocycles. The van der Waals surface area contributed by atoms with E-state index >= 15 is 0 Å². The maximum absolute atomic E-state index is 13.5. The molecule has 1 aromatic carbocycles. The van der Waals surface area contributed by atoms with Gasteiger partial charge in [0, 0.05) is 17.8 Å². The van der Waals surface area contributed by atoms with Gasteiger partial charge < -0.3 is 14.2 Å². The highest BCUT2D eigenvalue weighted by molar-refractivity contribution is 6.03. The fourth-order valence-corrected chi connectivity index (χ4v) is 13.2. The minimum absolute atomic E-state index is 0.0123. The van der Waals surface area contributed by atoms with Gasteiger partial charge in [0.1, 0.15) is 6.10 Å². The summed E-state index contributed by atoms with van der Waals surface area (Å²) >= 11 is 0. The summed E-state index contributed by atoms with van der Waals surface area (Å²) in [5.74, 6) is 1.39. The zero-order valence-corrected chi connectivity index (χ0v) is 30.2. The molecule has 0 unspecified atom stereocenters. The summed E-state index contributed by atoms with van der Waals surface area (Å²) in [7, 11) is 1.33. The van der Waals surface area contributed by atoms with Gasteiger partial charge in [-0.05, 0) is 129 Å². The number of allylic oxidation sites excluding steroid dienone is 1. The Balaban J connectivity index is 1.29. The smallest absolute Gasteiger partial charge is 0.339 e. The first-order chi connectivity index (χ1) is 22.1. The molecule has 1 aromatic rings. The van der Waals surface area contributed by atoms with E-state index in [2.05, 4.69) is 48.1 Å². The lowest BCUT2D eigenvalue weighted by Crippen LogP contribution is -2.67. The first kappa shape index (κ1) is 34.2. The molecule has 6 rings (SSSR count). The van der Waals surface area contributed by atoms with Crippen molar-refractivity contribution in [3.63, 3.8) is 0 Å². The van der Waals surface area contributed by atoms with E-state index in [0.717, 1.165) is 38.5 Å². The van der Waals surface area contributed by atoms with Crippen molar-refractivity contribution in [2.24, 2.45) is 56.7 Å². The number of hydrogen-bond donors (Lipinski definition) is 0. The standard InChI is InChI=1S/C41H58O6/c1-25(2)27-16-21-41(24-46-36(44)29-13-11-10-12-28(29)35(43)45-9)23-22-39(7)30(34(27)41)14-15-32-38(6)19-18-33(47-26(3)42)37(4,5)31(38)17-20-40(32,39)8/h10-13,27,30-34H,1,14-24H2,2-9H3/t27-,30+,31-,32+,33-,34-,38-,39+,40+,41+/m0/s1. The fraction of sp³-hybridized carbons (Fsp3) is 0.732. The van der Waals surface area contributed by atoms with Crippen molar-refractivity contribution in [2.75, 3.05) is 13.7 Å². The molecule has 0 N–H and O–H groups in total. The summed E-state index contributed by atoms with van der Waals surface area (Å²) in [6, 6.07) is 6.79. The molecule has 5 aliphatic rings. The van der Waals surface area contributed by atoms with Crippen LogP contribution in [-0.2, 0) is 19.0 Å². The summed E-state index contributed by atoms with van der Waals surface area (Å²) in [5, 5.41) is 0. The van der Waals surface area contributed by atoms with Crippen LogP contribution in [0.1, 0.15) is 133 Å². The molecule has 0 heterocycles. The van der Waals surface area contributed by atoms with Crippen LogP contribution in [0.15, 0.2) is 36.4 Å². The van der Waals surface area contributed by atoms with E-state index in [4.69, 9.17) is 14.2 Å². The number of esters is 3. The summed E-state index contributed by atoms with van der Waals surface area (Å²) < 4.78 is 17.1. The van der Waals surface area contributed by atoms with Crippen LogP contribution in [-0.4, -0.2) is 37.7 Å². The number of ether oxygens (including phenoxy) is 3. The Morgan fingerprint density at radius 1 is 0.787 bits per heavy atom. The maximum atomic E-state index is 13.5. The molecule has 6 heteroatoms. The fourth-order valence-electron chi connectivity index (χ4n) is 13.2. The second-order valence-corrected chi connectivity index (χ2v) is 17.6. The Morgan fingerprint density at radius 3 is 2.11 bits per heavy atom. The molecule has 0 radical (unpaired) electrons. The second kappa shape index (κ2) is 11.8. The third kappa shape index (κ3) is 5.04. The highest BCUT2D eigenvalue weighted by Gasteiger charge is 2.71. The van der Waals surface area contributed by atoms with Crippen LogP contribution in [0.25, 0.3) is 0 Å². The quantitative estimate of drug-likeness (QED) is 0.174. The van der Waals surface area contributed by atoms with Crippen LogP contribution in [0.4, 0.5) is 0 Å². The average Bonchev–Trinajstić information content (AvgIpc) is 3.41. The summed E-state index contributed by atoms with van der Waals surface area (Å²) in [5.41, 5.74) is 2.23. The van der Waals surface area contributed by atoms with Crippen molar-refractivity contribution >= 4 is 17.9 Å². The summed E-state index contributed by atoms with van der Waals surface area (Å²) in [4.78, 5) is 38.0. The number of carbonyl (C=O) groups is 3. The topological polar surface area (TPSA) is 78.9 Å². The molecule has 0 aromatic heterocycles. The lowest BCUT2D eigenvalue weighted by molar-refractivity contribution is -0.251. The van der Waals surface area contributed by atoms with Gasteiger partial charge in [-0.1, -0.05) is 58.9 Å². The first-order valence-corrected chi connectivity index (χ1v) is 18.2. The molecule has 0 amide bonds. The molecule has 5 saturated carbocycles. The van der Waals surface area contributed by atoms with Crippen molar-refractivity contribution in [3.05, 3.63) is 47.5 Å². The Bertz CT molecular complexity index is 1440. The number of fused-ring (bicyclic) bond motifs is 7. The number of carbonyl (C=O) groups excluding carboxylic acids is 3. The van der Waals surface area contributed by atoms with Crippen LogP contribution < -0.4 is 0 Å². The van der Waals surface area contributed by atoms with Gasteiger partial charge in [-0.25, -0.2) is 9.59 Å². The van der Waals surface area contributed by atoms with Crippen LogP contribution in [0.5, 0.6) is 0 Å². The molecule has 0 bridgehead atoms. The van der Waals surface area contributed by atoms with Gasteiger partial charge in [-0.15, -0.1) is 0 Å². The van der Waals surface area contributed by atoms with Gasteiger partial charge in [0.25, 0.3) is 0 Å². The second-order valence-electron chi connectivity index (χ2n) is 17.6. The molecule has 6 nitrogen and oxygen atoms in total. The first-order valence-electron chi connectivity index (χ1n) is 18.2. The predicted molar refractivity (Wildman–Crippen MR) is 183 cm³/mol. The van der Waals surface area contributed by atoms with Gasteiger partial charge in [0.05, 0.1) is 24.8 Å². The van der Waals surface area contributed by atoms with Crippen molar-refractivity contribution in [1.82, 2.24) is 0 Å². The normalized spacial score (nSPS) is 41.7. The van der Waals surface area contributed by atoms with E-state index in [-0.39, 0.29) is 50.3 Å². The van der Waals surface area contributed by atoms with Crippen molar-refractivity contribution in [2.45, 2.75) is 119 Å². The Kier molecular flexibility index (Phi) is 8.57. The van der Waals surface area contributed by atoms with E-state index < -0.39 is 11.9 Å².